The maximum absolute atomic E-state index is 6.48. The summed E-state index contributed by atoms with van der Waals surface area (Å²) in [6, 6.07) is 9.80. The number of halogens is 1. The van der Waals surface area contributed by atoms with Gasteiger partial charge in [-0.15, -0.1) is 0 Å². The van der Waals surface area contributed by atoms with E-state index in [4.69, 9.17) is 5.73 Å². The van der Waals surface area contributed by atoms with Crippen LogP contribution in [0.25, 0.3) is 0 Å². The second-order valence-corrected chi connectivity index (χ2v) is 7.57. The van der Waals surface area contributed by atoms with E-state index >= 15 is 0 Å². The average molecular weight is 353 g/mol. The van der Waals surface area contributed by atoms with E-state index in [-0.39, 0.29) is 6.04 Å². The van der Waals surface area contributed by atoms with E-state index in [0.29, 0.717) is 12.1 Å². The van der Waals surface area contributed by atoms with Gasteiger partial charge in [0.2, 0.25) is 0 Å². The Morgan fingerprint density at radius 2 is 1.95 bits per heavy atom. The summed E-state index contributed by atoms with van der Waals surface area (Å²) in [5.41, 5.74) is 7.81. The van der Waals surface area contributed by atoms with Crippen molar-refractivity contribution in [2.45, 2.75) is 64.1 Å². The summed E-state index contributed by atoms with van der Waals surface area (Å²) < 4.78 is 1.14. The van der Waals surface area contributed by atoms with E-state index in [1.165, 1.54) is 31.2 Å². The Kier molecular flexibility index (Phi) is 6.27. The fourth-order valence-corrected chi connectivity index (χ4v) is 3.99. The van der Waals surface area contributed by atoms with Crippen molar-refractivity contribution >= 4 is 15.9 Å². The minimum Gasteiger partial charge on any atom is -0.326 e. The van der Waals surface area contributed by atoms with Crippen LogP contribution in [0.2, 0.25) is 0 Å². The highest BCUT2D eigenvalue weighted by Gasteiger charge is 2.30. The SMILES string of the molecule is CCC(N)C(c1cccc(Br)c1)N(C)C1CCC(C)CC1. The Labute approximate surface area is 138 Å². The molecule has 2 atom stereocenters. The van der Waals surface area contributed by atoms with Gasteiger partial charge in [0.25, 0.3) is 0 Å². The van der Waals surface area contributed by atoms with E-state index in [0.717, 1.165) is 16.8 Å². The monoisotopic (exact) mass is 352 g/mol. The molecule has 2 rings (SSSR count). The van der Waals surface area contributed by atoms with Crippen LogP contribution < -0.4 is 5.73 Å². The van der Waals surface area contributed by atoms with Gasteiger partial charge in [0.1, 0.15) is 0 Å². The van der Waals surface area contributed by atoms with Gasteiger partial charge in [0.15, 0.2) is 0 Å². The third-order valence-corrected chi connectivity index (χ3v) is 5.56. The molecule has 1 aliphatic rings. The fourth-order valence-electron chi connectivity index (χ4n) is 3.58. The molecule has 2 nitrogen and oxygen atoms in total. The standard InChI is InChI=1S/C18H29BrN2/c1-4-17(20)18(14-6-5-7-15(19)12-14)21(3)16-10-8-13(2)9-11-16/h5-7,12-13,16-18H,4,8-11,20H2,1-3H3. The van der Waals surface area contributed by atoms with Crippen LogP contribution in [-0.4, -0.2) is 24.0 Å². The maximum atomic E-state index is 6.48. The van der Waals surface area contributed by atoms with Gasteiger partial charge in [0, 0.05) is 22.6 Å². The molecule has 0 radical (unpaired) electrons. The molecule has 1 saturated carbocycles. The van der Waals surface area contributed by atoms with Crippen molar-refractivity contribution in [3.63, 3.8) is 0 Å². The third kappa shape index (κ3) is 4.30. The molecule has 21 heavy (non-hydrogen) atoms. The Morgan fingerprint density at radius 1 is 1.29 bits per heavy atom. The molecule has 118 valence electrons. The summed E-state index contributed by atoms with van der Waals surface area (Å²) in [5.74, 6) is 0.888. The van der Waals surface area contributed by atoms with Crippen LogP contribution in [0.5, 0.6) is 0 Å². The topological polar surface area (TPSA) is 29.3 Å². The Morgan fingerprint density at radius 3 is 2.52 bits per heavy atom. The van der Waals surface area contributed by atoms with Crippen molar-refractivity contribution in [1.82, 2.24) is 4.90 Å². The van der Waals surface area contributed by atoms with Gasteiger partial charge < -0.3 is 5.73 Å². The highest BCUT2D eigenvalue weighted by Crippen LogP contribution is 2.33. The molecule has 0 heterocycles. The molecular formula is C18H29BrN2. The van der Waals surface area contributed by atoms with Crippen LogP contribution >= 0.6 is 15.9 Å². The number of likely N-dealkylation sites (N-methyl/N-ethyl adjacent to an activating group) is 1. The minimum absolute atomic E-state index is 0.184. The van der Waals surface area contributed by atoms with Gasteiger partial charge in [-0.05, 0) is 62.8 Å². The first-order chi connectivity index (χ1) is 10.0. The van der Waals surface area contributed by atoms with E-state index < -0.39 is 0 Å². The zero-order valence-corrected chi connectivity index (χ0v) is 15.1. The molecule has 0 aliphatic heterocycles. The minimum atomic E-state index is 0.184. The zero-order valence-electron chi connectivity index (χ0n) is 13.6. The second kappa shape index (κ2) is 7.75. The first-order valence-electron chi connectivity index (χ1n) is 8.26. The largest absolute Gasteiger partial charge is 0.326 e. The predicted molar refractivity (Wildman–Crippen MR) is 94.3 cm³/mol. The highest BCUT2D eigenvalue weighted by molar-refractivity contribution is 9.10. The summed E-state index contributed by atoms with van der Waals surface area (Å²) in [5, 5.41) is 0. The lowest BCUT2D eigenvalue weighted by Gasteiger charge is -2.41. The first-order valence-corrected chi connectivity index (χ1v) is 9.05. The fraction of sp³-hybridized carbons (Fsp3) is 0.667. The van der Waals surface area contributed by atoms with Crippen molar-refractivity contribution in [2.24, 2.45) is 11.7 Å². The van der Waals surface area contributed by atoms with Crippen molar-refractivity contribution < 1.29 is 0 Å². The molecule has 0 spiro atoms. The van der Waals surface area contributed by atoms with Crippen LogP contribution in [0, 0.1) is 5.92 Å². The highest BCUT2D eigenvalue weighted by atomic mass is 79.9. The molecule has 0 amide bonds. The molecule has 0 bridgehead atoms. The van der Waals surface area contributed by atoms with Gasteiger partial charge >= 0.3 is 0 Å². The van der Waals surface area contributed by atoms with Gasteiger partial charge in [-0.1, -0.05) is 41.9 Å². The number of hydrogen-bond donors (Lipinski definition) is 1. The van der Waals surface area contributed by atoms with Crippen molar-refractivity contribution in [1.29, 1.82) is 0 Å². The average Bonchev–Trinajstić information content (AvgIpc) is 2.48. The number of nitrogens with zero attached hydrogens (tertiary/aromatic N) is 1. The zero-order chi connectivity index (χ0) is 15.4. The molecule has 2 N–H and O–H groups in total. The van der Waals surface area contributed by atoms with Gasteiger partial charge in [-0.3, -0.25) is 4.90 Å². The normalized spacial score (nSPS) is 25.8. The molecule has 1 aromatic carbocycles. The summed E-state index contributed by atoms with van der Waals surface area (Å²) in [4.78, 5) is 2.54. The summed E-state index contributed by atoms with van der Waals surface area (Å²) in [7, 11) is 2.27. The predicted octanol–water partition coefficient (Wildman–Crippen LogP) is 4.74. The van der Waals surface area contributed by atoms with Crippen molar-refractivity contribution in [3.8, 4) is 0 Å². The summed E-state index contributed by atoms with van der Waals surface area (Å²) in [6.45, 7) is 4.56. The lowest BCUT2D eigenvalue weighted by atomic mass is 9.85. The van der Waals surface area contributed by atoms with Crippen LogP contribution in [0.4, 0.5) is 0 Å². The van der Waals surface area contributed by atoms with E-state index in [1.54, 1.807) is 0 Å². The number of hydrogen-bond acceptors (Lipinski definition) is 2. The lowest BCUT2D eigenvalue weighted by Crippen LogP contribution is -2.45. The van der Waals surface area contributed by atoms with Crippen LogP contribution in [0.1, 0.15) is 57.6 Å². The molecule has 2 unspecified atom stereocenters. The van der Waals surface area contributed by atoms with E-state index in [1.807, 2.05) is 0 Å². The smallest absolute Gasteiger partial charge is 0.0499 e. The Bertz CT molecular complexity index is 441. The molecule has 1 aliphatic carbocycles. The Hall–Kier alpha value is -0.380. The summed E-state index contributed by atoms with van der Waals surface area (Å²) >= 11 is 3.60. The molecule has 3 heteroatoms. The number of nitrogens with two attached hydrogens (primary N) is 1. The lowest BCUT2D eigenvalue weighted by molar-refractivity contribution is 0.107. The Balaban J connectivity index is 2.19. The molecule has 0 aromatic heterocycles. The van der Waals surface area contributed by atoms with Crippen molar-refractivity contribution in [2.75, 3.05) is 7.05 Å². The van der Waals surface area contributed by atoms with Crippen LogP contribution in [0.15, 0.2) is 28.7 Å². The van der Waals surface area contributed by atoms with E-state index in [2.05, 4.69) is 66.0 Å². The van der Waals surface area contributed by atoms with Crippen LogP contribution in [0.3, 0.4) is 0 Å². The van der Waals surface area contributed by atoms with E-state index in [9.17, 15) is 0 Å². The van der Waals surface area contributed by atoms with Crippen LogP contribution in [-0.2, 0) is 0 Å². The first kappa shape index (κ1) is 17.0. The second-order valence-electron chi connectivity index (χ2n) is 6.65. The quantitative estimate of drug-likeness (QED) is 0.829. The molecule has 1 fully saturated rings. The number of benzene rings is 1. The van der Waals surface area contributed by atoms with Gasteiger partial charge in [-0.2, -0.15) is 0 Å². The molecule has 0 saturated heterocycles. The maximum Gasteiger partial charge on any atom is 0.0499 e. The summed E-state index contributed by atoms with van der Waals surface area (Å²) in [6.07, 6.45) is 6.31. The van der Waals surface area contributed by atoms with Gasteiger partial charge in [0.05, 0.1) is 0 Å². The third-order valence-electron chi connectivity index (χ3n) is 5.07. The van der Waals surface area contributed by atoms with Gasteiger partial charge in [-0.25, -0.2) is 0 Å². The molecule has 1 aromatic rings. The van der Waals surface area contributed by atoms with Crippen molar-refractivity contribution in [3.05, 3.63) is 34.3 Å². The molecular weight excluding hydrogens is 324 g/mol. The number of rotatable bonds is 5.